The van der Waals surface area contributed by atoms with Crippen molar-refractivity contribution in [2.75, 3.05) is 19.5 Å². The van der Waals surface area contributed by atoms with Crippen molar-refractivity contribution in [1.82, 2.24) is 0 Å². The van der Waals surface area contributed by atoms with E-state index in [-0.39, 0.29) is 23.0 Å². The van der Waals surface area contributed by atoms with Gasteiger partial charge in [0.1, 0.15) is 0 Å². The van der Waals surface area contributed by atoms with Crippen molar-refractivity contribution in [2.24, 2.45) is 5.92 Å². The number of carbonyl (C=O) groups excluding carboxylic acids is 3. The van der Waals surface area contributed by atoms with Gasteiger partial charge in [0.25, 0.3) is 0 Å². The van der Waals surface area contributed by atoms with Gasteiger partial charge in [-0.3, -0.25) is 4.79 Å². The van der Waals surface area contributed by atoms with Gasteiger partial charge in [0.05, 0.1) is 25.3 Å². The van der Waals surface area contributed by atoms with Gasteiger partial charge in [0.15, 0.2) is 0 Å². The molecule has 0 saturated heterocycles. The zero-order valence-electron chi connectivity index (χ0n) is 13.1. The van der Waals surface area contributed by atoms with E-state index in [0.29, 0.717) is 12.1 Å². The molecule has 0 aromatic heterocycles. The molecule has 6 nitrogen and oxygen atoms in total. The Balaban J connectivity index is 2.25. The summed E-state index contributed by atoms with van der Waals surface area (Å²) in [6.07, 6.45) is 6.37. The van der Waals surface area contributed by atoms with Crippen molar-refractivity contribution in [3.63, 3.8) is 0 Å². The van der Waals surface area contributed by atoms with Crippen LogP contribution in [0.1, 0.15) is 40.0 Å². The third kappa shape index (κ3) is 4.18. The Morgan fingerprint density at radius 1 is 1.00 bits per heavy atom. The molecular weight excluding hydrogens is 298 g/mol. The molecule has 0 aliphatic heterocycles. The molecule has 1 N–H and O–H groups in total. The highest BCUT2D eigenvalue weighted by molar-refractivity contribution is 6.00. The number of anilines is 1. The Labute approximate surface area is 134 Å². The lowest BCUT2D eigenvalue weighted by molar-refractivity contribution is -0.120. The molecule has 0 fully saturated rings. The van der Waals surface area contributed by atoms with Crippen molar-refractivity contribution in [2.45, 2.75) is 19.3 Å². The van der Waals surface area contributed by atoms with Crippen molar-refractivity contribution in [3.8, 4) is 0 Å². The number of carbonyl (C=O) groups is 3. The number of rotatable bonds is 4. The highest BCUT2D eigenvalue weighted by atomic mass is 16.5. The van der Waals surface area contributed by atoms with Crippen molar-refractivity contribution >= 4 is 23.5 Å². The Bertz CT molecular complexity index is 616. The molecule has 1 atom stereocenters. The lowest BCUT2D eigenvalue weighted by atomic mass is 9.93. The van der Waals surface area contributed by atoms with Crippen LogP contribution in [-0.4, -0.2) is 32.1 Å². The van der Waals surface area contributed by atoms with Gasteiger partial charge in [-0.05, 0) is 37.5 Å². The largest absolute Gasteiger partial charge is 0.465 e. The minimum Gasteiger partial charge on any atom is -0.465 e. The van der Waals surface area contributed by atoms with Gasteiger partial charge < -0.3 is 14.8 Å². The van der Waals surface area contributed by atoms with Crippen LogP contribution in [-0.2, 0) is 14.3 Å². The van der Waals surface area contributed by atoms with Crippen LogP contribution >= 0.6 is 0 Å². The predicted molar refractivity (Wildman–Crippen MR) is 84.2 cm³/mol. The number of nitrogens with one attached hydrogen (secondary N) is 1. The van der Waals surface area contributed by atoms with Gasteiger partial charge in [-0.15, -0.1) is 0 Å². The van der Waals surface area contributed by atoms with Crippen LogP contribution in [0.25, 0.3) is 0 Å². The molecule has 0 bridgehead atoms. The number of methoxy groups -OCH3 is 2. The molecule has 2 rings (SSSR count). The minimum absolute atomic E-state index is 0.108. The lowest BCUT2D eigenvalue weighted by Gasteiger charge is -2.17. The number of amides is 1. The summed E-state index contributed by atoms with van der Waals surface area (Å²) in [5, 5.41) is 2.76. The van der Waals surface area contributed by atoms with Gasteiger partial charge in [-0.25, -0.2) is 9.59 Å². The molecule has 1 aromatic carbocycles. The highest BCUT2D eigenvalue weighted by Crippen LogP contribution is 2.22. The van der Waals surface area contributed by atoms with Crippen LogP contribution in [0.4, 0.5) is 5.69 Å². The predicted octanol–water partition coefficient (Wildman–Crippen LogP) is 2.55. The first-order chi connectivity index (χ1) is 11.0. The van der Waals surface area contributed by atoms with E-state index in [4.69, 9.17) is 0 Å². The second kappa shape index (κ2) is 7.58. The van der Waals surface area contributed by atoms with E-state index in [2.05, 4.69) is 20.9 Å². The summed E-state index contributed by atoms with van der Waals surface area (Å²) in [4.78, 5) is 35.7. The van der Waals surface area contributed by atoms with Gasteiger partial charge in [-0.1, -0.05) is 12.2 Å². The molecule has 0 spiro atoms. The van der Waals surface area contributed by atoms with Crippen molar-refractivity contribution in [1.29, 1.82) is 0 Å². The summed E-state index contributed by atoms with van der Waals surface area (Å²) in [6.45, 7) is 0. The summed E-state index contributed by atoms with van der Waals surface area (Å²) in [5.41, 5.74) is 0.719. The van der Waals surface area contributed by atoms with Gasteiger partial charge >= 0.3 is 11.9 Å². The van der Waals surface area contributed by atoms with E-state index in [1.807, 2.05) is 6.08 Å². The second-order valence-electron chi connectivity index (χ2n) is 5.25. The molecule has 0 heterocycles. The highest BCUT2D eigenvalue weighted by Gasteiger charge is 2.20. The maximum absolute atomic E-state index is 12.3. The summed E-state index contributed by atoms with van der Waals surface area (Å²) in [6, 6.07) is 4.33. The monoisotopic (exact) mass is 317 g/mol. The Hall–Kier alpha value is -2.63. The first kappa shape index (κ1) is 16.7. The van der Waals surface area contributed by atoms with Crippen LogP contribution in [0.5, 0.6) is 0 Å². The third-order valence-electron chi connectivity index (χ3n) is 3.68. The zero-order valence-corrected chi connectivity index (χ0v) is 13.1. The van der Waals surface area contributed by atoms with Crippen LogP contribution < -0.4 is 5.32 Å². The minimum atomic E-state index is -0.591. The smallest absolute Gasteiger partial charge is 0.337 e. The summed E-state index contributed by atoms with van der Waals surface area (Å²) < 4.78 is 9.34. The molecule has 122 valence electrons. The molecule has 6 heteroatoms. The molecule has 1 aliphatic carbocycles. The second-order valence-corrected chi connectivity index (χ2v) is 5.25. The number of hydrogen-bond donors (Lipinski definition) is 1. The van der Waals surface area contributed by atoms with E-state index in [9.17, 15) is 14.4 Å². The normalized spacial score (nSPS) is 16.5. The molecule has 1 unspecified atom stereocenters. The maximum Gasteiger partial charge on any atom is 0.337 e. The van der Waals surface area contributed by atoms with E-state index >= 15 is 0 Å². The fraction of sp³-hybridized carbons (Fsp3) is 0.353. The molecule has 0 radical (unpaired) electrons. The quantitative estimate of drug-likeness (QED) is 0.682. The molecule has 1 aromatic rings. The molecule has 1 amide bonds. The Morgan fingerprint density at radius 3 is 2.09 bits per heavy atom. The number of benzene rings is 1. The SMILES string of the molecule is COC(=O)c1cc(NC(=O)C2CC=CCC2)cc(C(=O)OC)c1. The van der Waals surface area contributed by atoms with E-state index in [1.165, 1.54) is 32.4 Å². The fourth-order valence-corrected chi connectivity index (χ4v) is 2.45. The molecular formula is C17H19NO5. The molecule has 0 saturated carbocycles. The zero-order chi connectivity index (χ0) is 16.8. The van der Waals surface area contributed by atoms with E-state index < -0.39 is 11.9 Å². The maximum atomic E-state index is 12.3. The van der Waals surface area contributed by atoms with Crippen molar-refractivity contribution < 1.29 is 23.9 Å². The van der Waals surface area contributed by atoms with Gasteiger partial charge in [0.2, 0.25) is 5.91 Å². The third-order valence-corrected chi connectivity index (χ3v) is 3.68. The number of esters is 2. The molecule has 1 aliphatic rings. The van der Waals surface area contributed by atoms with E-state index in [0.717, 1.165) is 12.8 Å². The molecule has 23 heavy (non-hydrogen) atoms. The Kier molecular flexibility index (Phi) is 5.51. The van der Waals surface area contributed by atoms with Gasteiger partial charge in [0, 0.05) is 11.6 Å². The first-order valence-corrected chi connectivity index (χ1v) is 7.32. The van der Waals surface area contributed by atoms with Crippen LogP contribution in [0, 0.1) is 5.92 Å². The summed E-state index contributed by atoms with van der Waals surface area (Å²) in [5.74, 6) is -1.42. The standard InChI is InChI=1S/C17H19NO5/c1-22-16(20)12-8-13(17(21)23-2)10-14(9-12)18-15(19)11-6-4-3-5-7-11/h3-4,8-11H,5-7H2,1-2H3,(H,18,19). The summed E-state index contributed by atoms with van der Waals surface area (Å²) in [7, 11) is 2.50. The van der Waals surface area contributed by atoms with E-state index in [1.54, 1.807) is 0 Å². The van der Waals surface area contributed by atoms with Crippen molar-refractivity contribution in [3.05, 3.63) is 41.5 Å². The first-order valence-electron chi connectivity index (χ1n) is 7.32. The van der Waals surface area contributed by atoms with Crippen LogP contribution in [0.2, 0.25) is 0 Å². The lowest BCUT2D eigenvalue weighted by Crippen LogP contribution is -2.24. The van der Waals surface area contributed by atoms with Crippen LogP contribution in [0.3, 0.4) is 0 Å². The van der Waals surface area contributed by atoms with Crippen LogP contribution in [0.15, 0.2) is 30.4 Å². The number of hydrogen-bond acceptors (Lipinski definition) is 5. The summed E-state index contributed by atoms with van der Waals surface area (Å²) >= 11 is 0. The number of ether oxygens (including phenoxy) is 2. The Morgan fingerprint density at radius 2 is 1.61 bits per heavy atom. The average Bonchev–Trinajstić information content (AvgIpc) is 2.60. The fourth-order valence-electron chi connectivity index (χ4n) is 2.45. The average molecular weight is 317 g/mol. The number of allylic oxidation sites excluding steroid dienone is 2. The topological polar surface area (TPSA) is 81.7 Å². The van der Waals surface area contributed by atoms with Gasteiger partial charge in [-0.2, -0.15) is 0 Å².